The number of benzene rings is 3. The summed E-state index contributed by atoms with van der Waals surface area (Å²) in [5, 5.41) is 0.570. The quantitative estimate of drug-likeness (QED) is 0.536. The van der Waals surface area contributed by atoms with Gasteiger partial charge in [0.15, 0.2) is 0 Å². The van der Waals surface area contributed by atoms with Gasteiger partial charge in [-0.25, -0.2) is 4.90 Å². The lowest BCUT2D eigenvalue weighted by Crippen LogP contribution is -2.34. The fourth-order valence-electron chi connectivity index (χ4n) is 3.59. The second-order valence-electron chi connectivity index (χ2n) is 7.34. The fourth-order valence-corrected chi connectivity index (χ4v) is 3.71. The number of nitrogens with zero attached hydrogens (tertiary/aromatic N) is 2. The highest BCUT2D eigenvalue weighted by Gasteiger charge is 2.42. The van der Waals surface area contributed by atoms with Gasteiger partial charge in [0.1, 0.15) is 5.70 Å². The molecule has 0 unspecified atom stereocenters. The lowest BCUT2D eigenvalue weighted by molar-refractivity contribution is -0.120. The minimum atomic E-state index is -0.348. The van der Waals surface area contributed by atoms with Crippen molar-refractivity contribution in [3.05, 3.63) is 100 Å². The molecular weight excluding hydrogens is 396 g/mol. The van der Waals surface area contributed by atoms with Crippen LogP contribution in [0.5, 0.6) is 0 Å². The molecule has 0 aliphatic carbocycles. The van der Waals surface area contributed by atoms with E-state index in [1.165, 1.54) is 4.90 Å². The Kier molecular flexibility index (Phi) is 5.18. The Labute approximate surface area is 181 Å². The number of hydrogen-bond donors (Lipinski definition) is 0. The zero-order valence-corrected chi connectivity index (χ0v) is 17.8. The highest BCUT2D eigenvalue weighted by Crippen LogP contribution is 2.36. The number of aryl methyl sites for hydroxylation is 2. The monoisotopic (exact) mass is 416 g/mol. The number of para-hydroxylation sites is 1. The molecule has 2 amide bonds. The number of carbonyl (C=O) groups is 2. The van der Waals surface area contributed by atoms with Gasteiger partial charge in [-0.05, 0) is 66.9 Å². The van der Waals surface area contributed by atoms with E-state index in [0.717, 1.165) is 16.8 Å². The Morgan fingerprint density at radius 3 is 2.10 bits per heavy atom. The van der Waals surface area contributed by atoms with Crippen LogP contribution in [0.1, 0.15) is 16.7 Å². The molecule has 0 fully saturated rings. The van der Waals surface area contributed by atoms with E-state index in [1.807, 2.05) is 62.4 Å². The van der Waals surface area contributed by atoms with Gasteiger partial charge in [0, 0.05) is 17.8 Å². The van der Waals surface area contributed by atoms with Crippen LogP contribution in [0.4, 0.5) is 11.4 Å². The highest BCUT2D eigenvalue weighted by molar-refractivity contribution is 6.46. The van der Waals surface area contributed by atoms with Crippen LogP contribution >= 0.6 is 11.6 Å². The molecule has 0 saturated carbocycles. The smallest absolute Gasteiger partial charge is 0.282 e. The van der Waals surface area contributed by atoms with Crippen LogP contribution in [0.15, 0.2) is 78.5 Å². The van der Waals surface area contributed by atoms with Gasteiger partial charge in [-0.3, -0.25) is 9.59 Å². The van der Waals surface area contributed by atoms with Crippen molar-refractivity contribution in [3.8, 4) is 0 Å². The number of imide groups is 1. The van der Waals surface area contributed by atoms with Crippen molar-refractivity contribution in [2.24, 2.45) is 0 Å². The molecule has 0 radical (unpaired) electrons. The summed E-state index contributed by atoms with van der Waals surface area (Å²) in [6.45, 7) is 3.97. The van der Waals surface area contributed by atoms with Crippen molar-refractivity contribution in [2.45, 2.75) is 13.8 Å². The summed E-state index contributed by atoms with van der Waals surface area (Å²) in [4.78, 5) is 30.1. The summed E-state index contributed by atoms with van der Waals surface area (Å²) in [5.41, 5.74) is 4.87. The van der Waals surface area contributed by atoms with Crippen LogP contribution in [0.3, 0.4) is 0 Å². The van der Waals surface area contributed by atoms with Crippen molar-refractivity contribution in [3.63, 3.8) is 0 Å². The minimum absolute atomic E-state index is 0.340. The van der Waals surface area contributed by atoms with Gasteiger partial charge in [0.25, 0.3) is 11.8 Å². The van der Waals surface area contributed by atoms with Crippen LogP contribution in [-0.2, 0) is 9.59 Å². The molecule has 0 aromatic heterocycles. The second-order valence-corrected chi connectivity index (χ2v) is 7.78. The molecule has 4 rings (SSSR count). The molecule has 0 spiro atoms. The van der Waals surface area contributed by atoms with Crippen molar-refractivity contribution in [2.75, 3.05) is 16.8 Å². The molecule has 0 bridgehead atoms. The molecule has 150 valence electrons. The van der Waals surface area contributed by atoms with Crippen LogP contribution in [0, 0.1) is 13.8 Å². The summed E-state index contributed by atoms with van der Waals surface area (Å²) in [5.74, 6) is -0.692. The van der Waals surface area contributed by atoms with E-state index in [9.17, 15) is 9.59 Å². The number of halogens is 1. The molecule has 1 aliphatic heterocycles. The molecule has 4 nitrogen and oxygen atoms in total. The number of anilines is 2. The van der Waals surface area contributed by atoms with Gasteiger partial charge < -0.3 is 4.90 Å². The largest absolute Gasteiger partial charge is 0.339 e. The first kappa shape index (κ1) is 19.9. The maximum atomic E-state index is 13.6. The number of carbonyl (C=O) groups excluding carboxylic acids is 2. The molecular formula is C25H21ClN2O2. The van der Waals surface area contributed by atoms with Gasteiger partial charge in [0.05, 0.1) is 11.3 Å². The van der Waals surface area contributed by atoms with Crippen molar-refractivity contribution < 1.29 is 9.59 Å². The summed E-state index contributed by atoms with van der Waals surface area (Å²) >= 11 is 6.05. The zero-order chi connectivity index (χ0) is 21.4. The van der Waals surface area contributed by atoms with E-state index in [0.29, 0.717) is 27.5 Å². The Morgan fingerprint density at radius 1 is 0.800 bits per heavy atom. The number of likely N-dealkylation sites (N-methyl/N-ethyl adjacent to an activating group) is 1. The van der Waals surface area contributed by atoms with E-state index < -0.39 is 0 Å². The Morgan fingerprint density at radius 2 is 1.47 bits per heavy atom. The van der Waals surface area contributed by atoms with E-state index in [2.05, 4.69) is 0 Å². The Hall–Kier alpha value is -3.37. The third kappa shape index (κ3) is 3.40. The van der Waals surface area contributed by atoms with E-state index >= 15 is 0 Å². The maximum absolute atomic E-state index is 13.6. The number of rotatable bonds is 4. The van der Waals surface area contributed by atoms with Crippen LogP contribution in [0.2, 0.25) is 5.02 Å². The Balaban J connectivity index is 1.88. The van der Waals surface area contributed by atoms with Crippen molar-refractivity contribution in [1.29, 1.82) is 0 Å². The van der Waals surface area contributed by atoms with Gasteiger partial charge in [0.2, 0.25) is 0 Å². The van der Waals surface area contributed by atoms with Crippen LogP contribution in [-0.4, -0.2) is 18.9 Å². The first-order valence-electron chi connectivity index (χ1n) is 9.63. The summed E-state index contributed by atoms with van der Waals surface area (Å²) in [7, 11) is 1.80. The minimum Gasteiger partial charge on any atom is -0.339 e. The molecule has 1 aliphatic rings. The van der Waals surface area contributed by atoms with E-state index in [-0.39, 0.29) is 11.8 Å². The first-order chi connectivity index (χ1) is 14.4. The fraction of sp³-hybridized carbons (Fsp3) is 0.120. The molecule has 30 heavy (non-hydrogen) atoms. The van der Waals surface area contributed by atoms with E-state index in [1.54, 1.807) is 36.2 Å². The number of hydrogen-bond acceptors (Lipinski definition) is 3. The van der Waals surface area contributed by atoms with Gasteiger partial charge >= 0.3 is 0 Å². The lowest BCUT2D eigenvalue weighted by atomic mass is 10.0. The summed E-state index contributed by atoms with van der Waals surface area (Å²) in [6.07, 6.45) is 0. The van der Waals surface area contributed by atoms with E-state index in [4.69, 9.17) is 11.6 Å². The van der Waals surface area contributed by atoms with Gasteiger partial charge in [-0.1, -0.05) is 48.0 Å². The van der Waals surface area contributed by atoms with Gasteiger partial charge in [-0.2, -0.15) is 0 Å². The highest BCUT2D eigenvalue weighted by atomic mass is 35.5. The number of amides is 2. The third-order valence-electron chi connectivity index (χ3n) is 5.42. The molecule has 0 N–H and O–H groups in total. The standard InChI is InChI=1S/C25H21ClN2O2/c1-16-9-14-21(15-17(16)2)28-24(29)22(18-10-12-19(26)13-11-18)23(25(28)30)27(3)20-7-5-4-6-8-20/h4-15H,1-3H3. The van der Waals surface area contributed by atoms with Crippen LogP contribution < -0.4 is 9.80 Å². The SMILES string of the molecule is Cc1ccc(N2C(=O)C(c3ccc(Cl)cc3)=C(N(C)c3ccccc3)C2=O)cc1C. The summed E-state index contributed by atoms with van der Waals surface area (Å²) < 4.78 is 0. The topological polar surface area (TPSA) is 40.6 Å². The molecule has 0 saturated heterocycles. The normalized spacial score (nSPS) is 13.9. The Bertz CT molecular complexity index is 1170. The second kappa shape index (κ2) is 7.81. The molecule has 5 heteroatoms. The zero-order valence-electron chi connectivity index (χ0n) is 17.0. The predicted molar refractivity (Wildman–Crippen MR) is 122 cm³/mol. The summed E-state index contributed by atoms with van der Waals surface area (Å²) in [6, 6.07) is 22.1. The van der Waals surface area contributed by atoms with Crippen molar-refractivity contribution >= 4 is 40.4 Å². The third-order valence-corrected chi connectivity index (χ3v) is 5.67. The molecule has 3 aromatic carbocycles. The van der Waals surface area contributed by atoms with Crippen LogP contribution in [0.25, 0.3) is 5.57 Å². The molecule has 1 heterocycles. The maximum Gasteiger partial charge on any atom is 0.282 e. The average Bonchev–Trinajstić information content (AvgIpc) is 3.01. The first-order valence-corrected chi connectivity index (χ1v) is 10.0. The molecule has 0 atom stereocenters. The van der Waals surface area contributed by atoms with Gasteiger partial charge in [-0.15, -0.1) is 0 Å². The molecule has 3 aromatic rings. The predicted octanol–water partition coefficient (Wildman–Crippen LogP) is 5.38. The lowest BCUT2D eigenvalue weighted by Gasteiger charge is -2.22. The average molecular weight is 417 g/mol. The van der Waals surface area contributed by atoms with Crippen molar-refractivity contribution in [1.82, 2.24) is 0 Å².